The first-order valence-electron chi connectivity index (χ1n) is 8.03. The summed E-state index contributed by atoms with van der Waals surface area (Å²) < 4.78 is 6.07. The van der Waals surface area contributed by atoms with Crippen LogP contribution in [-0.4, -0.2) is 24.2 Å². The third kappa shape index (κ3) is 5.31. The lowest BCUT2D eigenvalue weighted by Crippen LogP contribution is -2.48. The zero-order valence-electron chi connectivity index (χ0n) is 14.2. The minimum Gasteiger partial charge on any atom is -0.371 e. The van der Waals surface area contributed by atoms with Crippen molar-refractivity contribution >= 4 is 6.41 Å². The summed E-state index contributed by atoms with van der Waals surface area (Å²) in [7, 11) is 0. The number of hydrogen-bond donors (Lipinski definition) is 1. The molecule has 0 heterocycles. The molecular weight excluding hydrogens is 262 g/mol. The van der Waals surface area contributed by atoms with Crippen LogP contribution in [0.25, 0.3) is 0 Å². The summed E-state index contributed by atoms with van der Waals surface area (Å²) in [6.07, 6.45) is 11.4. The van der Waals surface area contributed by atoms with E-state index in [1.807, 2.05) is 6.92 Å². The number of allylic oxidation sites excluding steroid dienone is 3. The Balaban J connectivity index is 2.76. The largest absolute Gasteiger partial charge is 0.371 e. The van der Waals surface area contributed by atoms with Crippen molar-refractivity contribution in [3.05, 3.63) is 23.8 Å². The molecule has 1 unspecified atom stereocenters. The van der Waals surface area contributed by atoms with E-state index < -0.39 is 0 Å². The van der Waals surface area contributed by atoms with Crippen LogP contribution in [0, 0.1) is 5.92 Å². The molecule has 1 atom stereocenters. The summed E-state index contributed by atoms with van der Waals surface area (Å²) in [5.74, 6) is 0.501. The van der Waals surface area contributed by atoms with E-state index >= 15 is 0 Å². The van der Waals surface area contributed by atoms with E-state index in [0.29, 0.717) is 5.92 Å². The van der Waals surface area contributed by atoms with E-state index in [4.69, 9.17) is 4.74 Å². The van der Waals surface area contributed by atoms with Gasteiger partial charge in [-0.25, -0.2) is 0 Å². The lowest BCUT2D eigenvalue weighted by atomic mass is 9.71. The third-order valence-electron chi connectivity index (χ3n) is 4.62. The van der Waals surface area contributed by atoms with Crippen molar-refractivity contribution in [1.29, 1.82) is 0 Å². The van der Waals surface area contributed by atoms with Gasteiger partial charge in [0.05, 0.1) is 5.60 Å². The minimum absolute atomic E-state index is 0.0466. The second kappa shape index (κ2) is 7.79. The highest BCUT2D eigenvalue weighted by molar-refractivity contribution is 5.47. The quantitative estimate of drug-likeness (QED) is 0.569. The Bertz CT molecular complexity index is 388. The Morgan fingerprint density at radius 1 is 1.38 bits per heavy atom. The highest BCUT2D eigenvalue weighted by atomic mass is 16.5. The lowest BCUT2D eigenvalue weighted by molar-refractivity contribution is -0.112. The molecule has 1 saturated carbocycles. The van der Waals surface area contributed by atoms with Crippen LogP contribution in [0.15, 0.2) is 23.8 Å². The maximum absolute atomic E-state index is 10.7. The van der Waals surface area contributed by atoms with Gasteiger partial charge >= 0.3 is 0 Å². The molecular formula is C18H31NO2. The van der Waals surface area contributed by atoms with Crippen LogP contribution in [-0.2, 0) is 9.53 Å². The van der Waals surface area contributed by atoms with Crippen molar-refractivity contribution in [3.8, 4) is 0 Å². The van der Waals surface area contributed by atoms with Gasteiger partial charge in [0.1, 0.15) is 0 Å². The first-order valence-corrected chi connectivity index (χ1v) is 8.03. The van der Waals surface area contributed by atoms with Gasteiger partial charge in [0.2, 0.25) is 6.41 Å². The van der Waals surface area contributed by atoms with Crippen molar-refractivity contribution < 1.29 is 9.53 Å². The van der Waals surface area contributed by atoms with Crippen molar-refractivity contribution in [3.63, 3.8) is 0 Å². The summed E-state index contributed by atoms with van der Waals surface area (Å²) in [6, 6.07) is 0. The number of nitrogens with one attached hydrogen (secondary N) is 1. The predicted molar refractivity (Wildman–Crippen MR) is 88.2 cm³/mol. The van der Waals surface area contributed by atoms with E-state index in [0.717, 1.165) is 38.7 Å². The maximum atomic E-state index is 10.7. The summed E-state index contributed by atoms with van der Waals surface area (Å²) in [6.45, 7) is 11.3. The number of ether oxygens (including phenoxy) is 1. The summed E-state index contributed by atoms with van der Waals surface area (Å²) >= 11 is 0. The average molecular weight is 293 g/mol. The van der Waals surface area contributed by atoms with Crippen molar-refractivity contribution in [2.24, 2.45) is 5.92 Å². The zero-order chi connectivity index (χ0) is 15.9. The van der Waals surface area contributed by atoms with Gasteiger partial charge in [-0.1, -0.05) is 23.8 Å². The van der Waals surface area contributed by atoms with Gasteiger partial charge < -0.3 is 10.1 Å². The fourth-order valence-corrected chi connectivity index (χ4v) is 3.16. The van der Waals surface area contributed by atoms with Crippen LogP contribution < -0.4 is 5.32 Å². The first kappa shape index (κ1) is 18.0. The van der Waals surface area contributed by atoms with Gasteiger partial charge in [0, 0.05) is 12.1 Å². The lowest BCUT2D eigenvalue weighted by Gasteiger charge is -2.43. The number of rotatable bonds is 7. The van der Waals surface area contributed by atoms with Crippen molar-refractivity contribution in [2.75, 3.05) is 6.61 Å². The SMILES string of the molecule is CCOC(C)(C=CC=C(C)C)C1CCC(C)(NC=O)CC1. The molecule has 0 saturated heterocycles. The summed E-state index contributed by atoms with van der Waals surface area (Å²) in [5.41, 5.74) is 1.02. The summed E-state index contributed by atoms with van der Waals surface area (Å²) in [4.78, 5) is 10.7. The highest BCUT2D eigenvalue weighted by Crippen LogP contribution is 2.39. The molecule has 1 N–H and O–H groups in total. The van der Waals surface area contributed by atoms with E-state index in [1.54, 1.807) is 0 Å². The third-order valence-corrected chi connectivity index (χ3v) is 4.62. The number of carbonyl (C=O) groups excluding carboxylic acids is 1. The smallest absolute Gasteiger partial charge is 0.207 e. The molecule has 1 aliphatic carbocycles. The molecule has 21 heavy (non-hydrogen) atoms. The van der Waals surface area contributed by atoms with E-state index in [9.17, 15) is 4.79 Å². The standard InChI is InChI=1S/C18H31NO2/c1-6-21-18(5,11-7-8-15(2)3)16-9-12-17(4,13-10-16)19-14-20/h7-8,11,14,16H,6,9-10,12-13H2,1-5H3,(H,19,20). The Morgan fingerprint density at radius 3 is 2.48 bits per heavy atom. The normalized spacial score (nSPS) is 28.9. The van der Waals surface area contributed by atoms with E-state index in [1.165, 1.54) is 5.57 Å². The van der Waals surface area contributed by atoms with Crippen LogP contribution in [0.3, 0.4) is 0 Å². The van der Waals surface area contributed by atoms with Crippen LogP contribution in [0.2, 0.25) is 0 Å². The second-order valence-corrected chi connectivity index (χ2v) is 6.82. The van der Waals surface area contributed by atoms with E-state index in [2.05, 4.69) is 51.2 Å². The molecule has 0 aromatic rings. The van der Waals surface area contributed by atoms with Gasteiger partial charge in [-0.05, 0) is 66.2 Å². The average Bonchev–Trinajstić information content (AvgIpc) is 2.39. The Hall–Kier alpha value is -1.09. The maximum Gasteiger partial charge on any atom is 0.207 e. The molecule has 0 spiro atoms. The fourth-order valence-electron chi connectivity index (χ4n) is 3.16. The molecule has 1 rings (SSSR count). The Labute approximate surface area is 129 Å². The molecule has 0 bridgehead atoms. The Kier molecular flexibility index (Phi) is 6.66. The molecule has 1 amide bonds. The Morgan fingerprint density at radius 2 is 2.00 bits per heavy atom. The predicted octanol–water partition coefficient (Wildman–Crippen LogP) is 4.00. The minimum atomic E-state index is -0.219. The molecule has 1 aliphatic rings. The molecule has 0 aliphatic heterocycles. The second-order valence-electron chi connectivity index (χ2n) is 6.82. The fraction of sp³-hybridized carbons (Fsp3) is 0.722. The highest BCUT2D eigenvalue weighted by Gasteiger charge is 2.39. The molecule has 3 heteroatoms. The van der Waals surface area contributed by atoms with Gasteiger partial charge in [-0.3, -0.25) is 4.79 Å². The van der Waals surface area contributed by atoms with Gasteiger partial charge in [-0.15, -0.1) is 0 Å². The molecule has 0 radical (unpaired) electrons. The molecule has 1 fully saturated rings. The van der Waals surface area contributed by atoms with Crippen molar-refractivity contribution in [2.45, 2.75) is 71.4 Å². The van der Waals surface area contributed by atoms with Crippen LogP contribution in [0.1, 0.15) is 60.3 Å². The molecule has 120 valence electrons. The van der Waals surface area contributed by atoms with Gasteiger partial charge in [-0.2, -0.15) is 0 Å². The van der Waals surface area contributed by atoms with Gasteiger partial charge in [0.25, 0.3) is 0 Å². The van der Waals surface area contributed by atoms with Gasteiger partial charge in [0.15, 0.2) is 0 Å². The molecule has 3 nitrogen and oxygen atoms in total. The van der Waals surface area contributed by atoms with Crippen molar-refractivity contribution in [1.82, 2.24) is 5.32 Å². The topological polar surface area (TPSA) is 38.3 Å². The summed E-state index contributed by atoms with van der Waals surface area (Å²) in [5, 5.41) is 2.97. The number of amides is 1. The van der Waals surface area contributed by atoms with E-state index in [-0.39, 0.29) is 11.1 Å². The first-order chi connectivity index (χ1) is 9.85. The van der Waals surface area contributed by atoms with Crippen LogP contribution in [0.5, 0.6) is 0 Å². The van der Waals surface area contributed by atoms with Crippen LogP contribution >= 0.6 is 0 Å². The number of hydrogen-bond acceptors (Lipinski definition) is 2. The zero-order valence-corrected chi connectivity index (χ0v) is 14.2. The number of carbonyl (C=O) groups is 1. The molecule has 0 aromatic heterocycles. The monoisotopic (exact) mass is 293 g/mol. The molecule has 0 aromatic carbocycles. The van der Waals surface area contributed by atoms with Crippen LogP contribution in [0.4, 0.5) is 0 Å².